The molecule has 0 bridgehead atoms. The summed E-state index contributed by atoms with van der Waals surface area (Å²) in [4.78, 5) is 0. The predicted molar refractivity (Wildman–Crippen MR) is 85.4 cm³/mol. The highest BCUT2D eigenvalue weighted by Gasteiger charge is 2.23. The Labute approximate surface area is 118 Å². The number of nitrogens with zero attached hydrogens (tertiary/aromatic N) is 2. The molecule has 0 saturated heterocycles. The van der Waals surface area contributed by atoms with E-state index in [1.165, 1.54) is 11.3 Å². The van der Waals surface area contributed by atoms with Crippen molar-refractivity contribution in [2.75, 3.05) is 0 Å². The molecule has 0 fully saturated rings. The largest absolute Gasteiger partial charge is 0.241 e. The van der Waals surface area contributed by atoms with Crippen LogP contribution in [0.4, 0.5) is 0 Å². The standard InChI is InChI=1S/C17H28N2/c1-7-12-19-15(11-5)16(13(6)8-2)17(18-19)14(9-3)10-4/h7,11-14H,5,8-10H2,1-4,6H3/b12-7-. The molecule has 0 amide bonds. The van der Waals surface area contributed by atoms with Gasteiger partial charge in [0.15, 0.2) is 0 Å². The van der Waals surface area contributed by atoms with Crippen molar-refractivity contribution in [1.29, 1.82) is 0 Å². The van der Waals surface area contributed by atoms with Crippen molar-refractivity contribution in [2.45, 2.75) is 65.7 Å². The second kappa shape index (κ2) is 7.32. The summed E-state index contributed by atoms with van der Waals surface area (Å²) in [6, 6.07) is 0. The van der Waals surface area contributed by atoms with Crippen LogP contribution in [0, 0.1) is 0 Å². The van der Waals surface area contributed by atoms with E-state index in [0.717, 1.165) is 25.0 Å². The highest BCUT2D eigenvalue weighted by molar-refractivity contribution is 5.54. The summed E-state index contributed by atoms with van der Waals surface area (Å²) in [5.41, 5.74) is 3.83. The van der Waals surface area contributed by atoms with E-state index in [4.69, 9.17) is 5.10 Å². The lowest BCUT2D eigenvalue weighted by Crippen LogP contribution is -2.03. The van der Waals surface area contributed by atoms with Crippen LogP contribution >= 0.6 is 0 Å². The van der Waals surface area contributed by atoms with Gasteiger partial charge in [0.25, 0.3) is 0 Å². The van der Waals surface area contributed by atoms with Gasteiger partial charge in [-0.15, -0.1) is 0 Å². The third-order valence-corrected chi connectivity index (χ3v) is 3.98. The Morgan fingerprint density at radius 3 is 2.26 bits per heavy atom. The first kappa shape index (κ1) is 15.7. The normalized spacial score (nSPS) is 13.4. The minimum absolute atomic E-state index is 0.530. The molecule has 1 aromatic heterocycles. The molecule has 0 N–H and O–H groups in total. The fraction of sp³-hybridized carbons (Fsp3) is 0.588. The van der Waals surface area contributed by atoms with Gasteiger partial charge in [-0.05, 0) is 38.2 Å². The molecule has 0 saturated carbocycles. The van der Waals surface area contributed by atoms with Crippen molar-refractivity contribution in [3.63, 3.8) is 0 Å². The molecule has 0 aliphatic rings. The first-order valence-corrected chi connectivity index (χ1v) is 7.51. The zero-order valence-corrected chi connectivity index (χ0v) is 13.1. The lowest BCUT2D eigenvalue weighted by molar-refractivity contribution is 0.599. The summed E-state index contributed by atoms with van der Waals surface area (Å²) in [7, 11) is 0. The smallest absolute Gasteiger partial charge is 0.0700 e. The van der Waals surface area contributed by atoms with E-state index in [-0.39, 0.29) is 0 Å². The van der Waals surface area contributed by atoms with Crippen molar-refractivity contribution in [1.82, 2.24) is 9.78 Å². The van der Waals surface area contributed by atoms with Crippen LogP contribution in [-0.4, -0.2) is 9.78 Å². The Morgan fingerprint density at radius 1 is 1.21 bits per heavy atom. The minimum atomic E-state index is 0.530. The Kier molecular flexibility index (Phi) is 6.07. The van der Waals surface area contributed by atoms with E-state index in [0.29, 0.717) is 11.8 Å². The van der Waals surface area contributed by atoms with Crippen molar-refractivity contribution in [3.05, 3.63) is 29.6 Å². The molecule has 19 heavy (non-hydrogen) atoms. The molecule has 0 aliphatic heterocycles. The molecule has 1 heterocycles. The van der Waals surface area contributed by atoms with Crippen molar-refractivity contribution in [2.24, 2.45) is 0 Å². The Hall–Kier alpha value is -1.31. The van der Waals surface area contributed by atoms with Crippen LogP contribution in [0.5, 0.6) is 0 Å². The molecule has 2 heteroatoms. The topological polar surface area (TPSA) is 17.8 Å². The van der Waals surface area contributed by atoms with E-state index in [1.807, 2.05) is 30.0 Å². The number of rotatable bonds is 7. The average molecular weight is 260 g/mol. The van der Waals surface area contributed by atoms with E-state index >= 15 is 0 Å². The van der Waals surface area contributed by atoms with Gasteiger partial charge in [-0.25, -0.2) is 4.68 Å². The van der Waals surface area contributed by atoms with Crippen LogP contribution in [0.2, 0.25) is 0 Å². The van der Waals surface area contributed by atoms with Gasteiger partial charge in [0.05, 0.1) is 11.4 Å². The predicted octanol–water partition coefficient (Wildman–Crippen LogP) is 5.43. The third kappa shape index (κ3) is 3.17. The van der Waals surface area contributed by atoms with Gasteiger partial charge >= 0.3 is 0 Å². The SMILES string of the molecule is C=Cc1c(C(C)CC)c(C(CC)CC)nn1/C=C\C. The number of hydrogen-bond donors (Lipinski definition) is 0. The van der Waals surface area contributed by atoms with Gasteiger partial charge < -0.3 is 0 Å². The summed E-state index contributed by atoms with van der Waals surface area (Å²) in [5.74, 6) is 1.08. The van der Waals surface area contributed by atoms with Gasteiger partial charge in [0, 0.05) is 17.7 Å². The van der Waals surface area contributed by atoms with Gasteiger partial charge in [-0.1, -0.05) is 40.3 Å². The molecule has 0 aliphatic carbocycles. The van der Waals surface area contributed by atoms with E-state index in [9.17, 15) is 0 Å². The molecule has 1 aromatic rings. The first-order chi connectivity index (χ1) is 9.14. The maximum Gasteiger partial charge on any atom is 0.0700 e. The molecule has 1 rings (SSSR count). The molecule has 1 unspecified atom stereocenters. The highest BCUT2D eigenvalue weighted by atomic mass is 15.3. The van der Waals surface area contributed by atoms with Crippen LogP contribution in [0.1, 0.15) is 82.7 Å². The quantitative estimate of drug-likeness (QED) is 0.639. The monoisotopic (exact) mass is 260 g/mol. The molecule has 106 valence electrons. The summed E-state index contributed by atoms with van der Waals surface area (Å²) >= 11 is 0. The van der Waals surface area contributed by atoms with Gasteiger partial charge in [0.2, 0.25) is 0 Å². The second-order valence-electron chi connectivity index (χ2n) is 5.14. The summed E-state index contributed by atoms with van der Waals surface area (Å²) < 4.78 is 1.99. The van der Waals surface area contributed by atoms with Crippen LogP contribution in [-0.2, 0) is 0 Å². The Morgan fingerprint density at radius 2 is 1.84 bits per heavy atom. The maximum absolute atomic E-state index is 4.84. The molecule has 0 spiro atoms. The molecular weight excluding hydrogens is 232 g/mol. The number of allylic oxidation sites excluding steroid dienone is 1. The van der Waals surface area contributed by atoms with E-state index < -0.39 is 0 Å². The molecule has 0 radical (unpaired) electrons. The minimum Gasteiger partial charge on any atom is -0.241 e. The second-order valence-corrected chi connectivity index (χ2v) is 5.14. The molecule has 2 nitrogen and oxygen atoms in total. The lowest BCUT2D eigenvalue weighted by Gasteiger charge is -2.16. The summed E-state index contributed by atoms with van der Waals surface area (Å²) in [6.07, 6.45) is 9.41. The summed E-state index contributed by atoms with van der Waals surface area (Å²) in [5, 5.41) is 4.84. The zero-order valence-electron chi connectivity index (χ0n) is 13.1. The molecule has 0 aromatic carbocycles. The van der Waals surface area contributed by atoms with Crippen molar-refractivity contribution in [3.8, 4) is 0 Å². The fourth-order valence-electron chi connectivity index (χ4n) is 2.62. The Bertz CT molecular complexity index is 436. The molecule has 1 atom stereocenters. The summed E-state index contributed by atoms with van der Waals surface area (Å²) in [6.45, 7) is 15.0. The van der Waals surface area contributed by atoms with Gasteiger partial charge in [-0.3, -0.25) is 0 Å². The van der Waals surface area contributed by atoms with E-state index in [2.05, 4.69) is 34.3 Å². The van der Waals surface area contributed by atoms with Crippen LogP contribution in [0.3, 0.4) is 0 Å². The van der Waals surface area contributed by atoms with Crippen molar-refractivity contribution < 1.29 is 0 Å². The van der Waals surface area contributed by atoms with Gasteiger partial charge in [0.1, 0.15) is 0 Å². The third-order valence-electron chi connectivity index (χ3n) is 3.98. The van der Waals surface area contributed by atoms with Crippen LogP contribution in [0.25, 0.3) is 12.3 Å². The van der Waals surface area contributed by atoms with Crippen molar-refractivity contribution >= 4 is 12.3 Å². The van der Waals surface area contributed by atoms with Crippen LogP contribution in [0.15, 0.2) is 12.7 Å². The number of aromatic nitrogens is 2. The Balaban J connectivity index is 3.46. The highest BCUT2D eigenvalue weighted by Crippen LogP contribution is 2.34. The maximum atomic E-state index is 4.84. The first-order valence-electron chi connectivity index (χ1n) is 7.51. The zero-order chi connectivity index (χ0) is 14.4. The fourth-order valence-corrected chi connectivity index (χ4v) is 2.62. The van der Waals surface area contributed by atoms with Gasteiger partial charge in [-0.2, -0.15) is 5.10 Å². The van der Waals surface area contributed by atoms with E-state index in [1.54, 1.807) is 0 Å². The average Bonchev–Trinajstić information content (AvgIpc) is 2.78. The lowest BCUT2D eigenvalue weighted by atomic mass is 9.88. The number of hydrogen-bond acceptors (Lipinski definition) is 1. The molecular formula is C17H28N2. The van der Waals surface area contributed by atoms with Crippen LogP contribution < -0.4 is 0 Å².